The lowest BCUT2D eigenvalue weighted by molar-refractivity contribution is -0.303. The average Bonchev–Trinajstić information content (AvgIpc) is 3.27. The Morgan fingerprint density at radius 1 is 0.613 bits per heavy atom. The average molecular weight is 888 g/mol. The van der Waals surface area contributed by atoms with Crippen LogP contribution in [0.1, 0.15) is 206 Å². The zero-order valence-electron chi connectivity index (χ0n) is 38.9. The molecule has 1 unspecified atom stereocenters. The Morgan fingerprint density at radius 3 is 1.61 bits per heavy atom. The standard InChI is InChI=1S/C49H93NO12/c1-3-5-7-9-10-11-12-13-14-18-21-24-27-31-35-41(52)44(54)40(38-60-49-47(57)46(56)45(55)43(37-51)61-49)50-48(58)42(53)36-32-28-25-22-19-16-15-17-20-23-26-30-34-39(62-59)33-29-8-6-4-2/h13-14,30,34,39-47,49,51-57,59H,3-12,15-29,31-33,35-38H2,1-2H3,(H,50,58)/b14-13-,34-30+/t39?,40-,41+,42+,43+,44-,45+,46-,47+,49+/m0/s1. The number of rotatable bonds is 42. The third-order valence-corrected chi connectivity index (χ3v) is 12.2. The first-order chi connectivity index (χ1) is 30.1. The maximum Gasteiger partial charge on any atom is 0.249 e. The van der Waals surface area contributed by atoms with Gasteiger partial charge in [-0.3, -0.25) is 10.1 Å². The Hall–Kier alpha value is -1.49. The molecule has 366 valence electrons. The molecule has 0 aromatic carbocycles. The summed E-state index contributed by atoms with van der Waals surface area (Å²) in [7, 11) is 0. The molecule has 0 radical (unpaired) electrons. The molecule has 0 aliphatic carbocycles. The van der Waals surface area contributed by atoms with Crippen molar-refractivity contribution in [1.82, 2.24) is 5.32 Å². The number of aliphatic hydroxyl groups is 7. The maximum atomic E-state index is 13.1. The maximum absolute atomic E-state index is 13.1. The zero-order chi connectivity index (χ0) is 45.6. The van der Waals surface area contributed by atoms with Gasteiger partial charge in [-0.05, 0) is 57.8 Å². The Labute approximate surface area is 375 Å². The first-order valence-corrected chi connectivity index (χ1v) is 25.0. The summed E-state index contributed by atoms with van der Waals surface area (Å²) in [5.74, 6) is -0.720. The van der Waals surface area contributed by atoms with Crippen molar-refractivity contribution < 1.29 is 60.2 Å². The van der Waals surface area contributed by atoms with Crippen LogP contribution < -0.4 is 5.32 Å². The fourth-order valence-corrected chi connectivity index (χ4v) is 7.94. The van der Waals surface area contributed by atoms with Gasteiger partial charge in [-0.2, -0.15) is 0 Å². The van der Waals surface area contributed by atoms with Crippen LogP contribution in [-0.4, -0.2) is 121 Å². The first kappa shape index (κ1) is 58.5. The number of unbranched alkanes of at least 4 members (excludes halogenated alkanes) is 23. The van der Waals surface area contributed by atoms with Crippen molar-refractivity contribution in [2.75, 3.05) is 13.2 Å². The SMILES string of the molecule is CCCCCCCC/C=C\CCCCCC[C@@H](O)[C@@H](O)[C@H](CO[C@@H]1O[C@H](CO)[C@@H](O)[C@H](O)[C@H]1O)NC(=O)[C@H](O)CCCCCCCCCCCC/C=C/C(CCCCCC)OO. The molecule has 1 fully saturated rings. The van der Waals surface area contributed by atoms with E-state index in [0.29, 0.717) is 12.8 Å². The molecule has 1 saturated heterocycles. The topological polar surface area (TPSA) is 219 Å². The quantitative estimate of drug-likeness (QED) is 0.0123. The molecule has 1 aliphatic rings. The van der Waals surface area contributed by atoms with Crippen LogP contribution in [0, 0.1) is 0 Å². The van der Waals surface area contributed by atoms with Crippen molar-refractivity contribution in [3.63, 3.8) is 0 Å². The summed E-state index contributed by atoms with van der Waals surface area (Å²) in [4.78, 5) is 17.7. The molecule has 1 aliphatic heterocycles. The number of nitrogens with one attached hydrogen (secondary N) is 1. The van der Waals surface area contributed by atoms with Gasteiger partial charge >= 0.3 is 0 Å². The summed E-state index contributed by atoms with van der Waals surface area (Å²) in [5.41, 5.74) is 0. The van der Waals surface area contributed by atoms with Gasteiger partial charge in [0.1, 0.15) is 42.7 Å². The highest BCUT2D eigenvalue weighted by atomic mass is 17.1. The summed E-state index contributed by atoms with van der Waals surface area (Å²) in [6.07, 6.45) is 27.9. The fraction of sp³-hybridized carbons (Fsp3) is 0.898. The van der Waals surface area contributed by atoms with Crippen LogP contribution in [0.4, 0.5) is 0 Å². The molecular formula is C49H93NO12. The summed E-state index contributed by atoms with van der Waals surface area (Å²) in [6, 6.07) is -1.19. The van der Waals surface area contributed by atoms with Gasteiger partial charge in [0, 0.05) is 0 Å². The van der Waals surface area contributed by atoms with Crippen LogP contribution in [-0.2, 0) is 19.2 Å². The van der Waals surface area contributed by atoms with Crippen molar-refractivity contribution in [3.05, 3.63) is 24.3 Å². The molecule has 1 rings (SSSR count). The van der Waals surface area contributed by atoms with E-state index in [2.05, 4.69) is 42.3 Å². The lowest BCUT2D eigenvalue weighted by Gasteiger charge is -2.40. The largest absolute Gasteiger partial charge is 0.394 e. The Morgan fingerprint density at radius 2 is 1.08 bits per heavy atom. The number of hydrogen-bond acceptors (Lipinski definition) is 12. The van der Waals surface area contributed by atoms with Gasteiger partial charge in [-0.25, -0.2) is 4.89 Å². The molecule has 10 atom stereocenters. The van der Waals surface area contributed by atoms with E-state index in [0.717, 1.165) is 83.5 Å². The van der Waals surface area contributed by atoms with Gasteiger partial charge in [0.05, 0.1) is 25.4 Å². The summed E-state index contributed by atoms with van der Waals surface area (Å²) < 4.78 is 11.1. The molecule has 9 N–H and O–H groups in total. The third-order valence-electron chi connectivity index (χ3n) is 12.2. The third kappa shape index (κ3) is 28.4. The van der Waals surface area contributed by atoms with E-state index in [9.17, 15) is 40.5 Å². The molecule has 1 heterocycles. The van der Waals surface area contributed by atoms with Crippen LogP contribution in [0.2, 0.25) is 0 Å². The van der Waals surface area contributed by atoms with Gasteiger partial charge < -0.3 is 50.5 Å². The minimum Gasteiger partial charge on any atom is -0.394 e. The minimum atomic E-state index is -1.67. The second-order valence-electron chi connectivity index (χ2n) is 17.8. The summed E-state index contributed by atoms with van der Waals surface area (Å²) in [5, 5.41) is 84.9. The smallest absolute Gasteiger partial charge is 0.249 e. The summed E-state index contributed by atoms with van der Waals surface area (Å²) in [6.45, 7) is 3.33. The normalized spacial score (nSPS) is 22.0. The van der Waals surface area contributed by atoms with Crippen molar-refractivity contribution >= 4 is 5.91 Å². The lowest BCUT2D eigenvalue weighted by Crippen LogP contribution is -2.60. The van der Waals surface area contributed by atoms with E-state index in [1.807, 2.05) is 6.08 Å². The highest BCUT2D eigenvalue weighted by Crippen LogP contribution is 2.23. The van der Waals surface area contributed by atoms with E-state index in [1.165, 1.54) is 83.5 Å². The molecule has 13 heteroatoms. The molecular weight excluding hydrogens is 795 g/mol. The van der Waals surface area contributed by atoms with Gasteiger partial charge in [-0.1, -0.05) is 173 Å². The Balaban J connectivity index is 2.43. The highest BCUT2D eigenvalue weighted by Gasteiger charge is 2.44. The van der Waals surface area contributed by atoms with Crippen LogP contribution in [0.3, 0.4) is 0 Å². The molecule has 0 aromatic rings. The molecule has 62 heavy (non-hydrogen) atoms. The molecule has 0 spiro atoms. The van der Waals surface area contributed by atoms with E-state index in [4.69, 9.17) is 14.7 Å². The van der Waals surface area contributed by atoms with E-state index < -0.39 is 74.2 Å². The number of allylic oxidation sites excluding steroid dienone is 3. The van der Waals surface area contributed by atoms with Crippen LogP contribution >= 0.6 is 0 Å². The van der Waals surface area contributed by atoms with Gasteiger partial charge in [0.2, 0.25) is 5.91 Å². The number of aliphatic hydroxyl groups excluding tert-OH is 7. The summed E-state index contributed by atoms with van der Waals surface area (Å²) >= 11 is 0. The number of amides is 1. The predicted molar refractivity (Wildman–Crippen MR) is 245 cm³/mol. The van der Waals surface area contributed by atoms with Gasteiger partial charge in [-0.15, -0.1) is 0 Å². The van der Waals surface area contributed by atoms with Crippen molar-refractivity contribution in [1.29, 1.82) is 0 Å². The molecule has 0 aromatic heterocycles. The first-order valence-electron chi connectivity index (χ1n) is 25.0. The fourth-order valence-electron chi connectivity index (χ4n) is 7.94. The number of carbonyl (C=O) groups excluding carboxylic acids is 1. The van der Waals surface area contributed by atoms with Crippen molar-refractivity contribution in [2.45, 2.75) is 268 Å². The van der Waals surface area contributed by atoms with E-state index >= 15 is 0 Å². The van der Waals surface area contributed by atoms with Crippen molar-refractivity contribution in [3.8, 4) is 0 Å². The van der Waals surface area contributed by atoms with Crippen LogP contribution in [0.5, 0.6) is 0 Å². The van der Waals surface area contributed by atoms with Crippen LogP contribution in [0.25, 0.3) is 0 Å². The number of carbonyl (C=O) groups is 1. The monoisotopic (exact) mass is 888 g/mol. The van der Waals surface area contributed by atoms with E-state index in [1.54, 1.807) is 0 Å². The van der Waals surface area contributed by atoms with E-state index in [-0.39, 0.29) is 18.9 Å². The molecule has 1 amide bonds. The zero-order valence-corrected chi connectivity index (χ0v) is 38.9. The second kappa shape index (κ2) is 39.8. The Bertz CT molecular complexity index is 1080. The van der Waals surface area contributed by atoms with Crippen LogP contribution in [0.15, 0.2) is 24.3 Å². The number of ether oxygens (including phenoxy) is 2. The predicted octanol–water partition coefficient (Wildman–Crippen LogP) is 8.08. The second-order valence-corrected chi connectivity index (χ2v) is 17.8. The molecule has 0 saturated carbocycles. The van der Waals surface area contributed by atoms with Gasteiger partial charge in [0.25, 0.3) is 0 Å². The van der Waals surface area contributed by atoms with Crippen molar-refractivity contribution in [2.24, 2.45) is 0 Å². The lowest BCUT2D eigenvalue weighted by atomic mass is 9.98. The minimum absolute atomic E-state index is 0.202. The molecule has 13 nitrogen and oxygen atoms in total. The number of hydrogen-bond donors (Lipinski definition) is 9. The molecule has 0 bridgehead atoms. The Kier molecular flexibility index (Phi) is 37.6. The highest BCUT2D eigenvalue weighted by molar-refractivity contribution is 5.80. The van der Waals surface area contributed by atoms with Gasteiger partial charge in [0.15, 0.2) is 6.29 Å².